The lowest BCUT2D eigenvalue weighted by Crippen LogP contribution is -2.13. The zero-order chi connectivity index (χ0) is 18.6. The van der Waals surface area contributed by atoms with Gasteiger partial charge in [0.05, 0.1) is 10.9 Å². The van der Waals surface area contributed by atoms with Gasteiger partial charge in [0.25, 0.3) is 0 Å². The summed E-state index contributed by atoms with van der Waals surface area (Å²) >= 11 is 0. The maximum Gasteiger partial charge on any atom is 0.433 e. The van der Waals surface area contributed by atoms with Crippen LogP contribution in [0.3, 0.4) is 0 Å². The summed E-state index contributed by atoms with van der Waals surface area (Å²) in [5, 5.41) is 3.01. The Morgan fingerprint density at radius 2 is 1.76 bits per heavy atom. The minimum Gasteiger partial charge on any atom is -0.383 e. The molecular formula is C14H9F6N5. The van der Waals surface area contributed by atoms with Crippen molar-refractivity contribution < 1.29 is 26.3 Å². The summed E-state index contributed by atoms with van der Waals surface area (Å²) < 4.78 is 79.2. The fraction of sp³-hybridized carbons (Fsp3) is 0.214. The summed E-state index contributed by atoms with van der Waals surface area (Å²) in [5.74, 6) is -0.398. The normalized spacial score (nSPS) is 12.8. The minimum absolute atomic E-state index is 0.0734. The van der Waals surface area contributed by atoms with Crippen LogP contribution in [0.4, 0.5) is 32.2 Å². The Balaban J connectivity index is 2.39. The monoisotopic (exact) mass is 361 g/mol. The average molecular weight is 361 g/mol. The van der Waals surface area contributed by atoms with Crippen molar-refractivity contribution in [1.29, 1.82) is 0 Å². The van der Waals surface area contributed by atoms with E-state index in [-0.39, 0.29) is 11.9 Å². The molecule has 0 radical (unpaired) electrons. The van der Waals surface area contributed by atoms with Crippen molar-refractivity contribution in [3.63, 3.8) is 0 Å². The Kier molecular flexibility index (Phi) is 3.62. The van der Waals surface area contributed by atoms with E-state index in [0.29, 0.717) is 5.56 Å². The van der Waals surface area contributed by atoms with Crippen molar-refractivity contribution in [3.05, 3.63) is 41.2 Å². The third-order valence-electron chi connectivity index (χ3n) is 3.46. The molecule has 0 saturated carbocycles. The lowest BCUT2D eigenvalue weighted by molar-refractivity contribution is -0.144. The molecule has 3 rings (SSSR count). The second kappa shape index (κ2) is 5.33. The Morgan fingerprint density at radius 3 is 2.32 bits per heavy atom. The quantitative estimate of drug-likeness (QED) is 0.671. The second-order valence-corrected chi connectivity index (χ2v) is 5.19. The topological polar surface area (TPSA) is 69.6 Å². The van der Waals surface area contributed by atoms with Gasteiger partial charge >= 0.3 is 12.4 Å². The molecule has 11 heteroatoms. The summed E-state index contributed by atoms with van der Waals surface area (Å²) in [6, 6.07) is 3.11. The summed E-state index contributed by atoms with van der Waals surface area (Å²) in [6.07, 6.45) is -8.77. The number of nitrogen functional groups attached to an aromatic ring is 1. The van der Waals surface area contributed by atoms with Crippen LogP contribution < -0.4 is 5.73 Å². The first kappa shape index (κ1) is 17.0. The highest BCUT2D eigenvalue weighted by Crippen LogP contribution is 2.40. The maximum absolute atomic E-state index is 13.3. The molecule has 0 aliphatic rings. The molecule has 3 aromatic rings. The number of aromatic nitrogens is 4. The van der Waals surface area contributed by atoms with Crippen LogP contribution >= 0.6 is 0 Å². The predicted molar refractivity (Wildman–Crippen MR) is 75.8 cm³/mol. The molecule has 0 fully saturated rings. The van der Waals surface area contributed by atoms with Crippen molar-refractivity contribution in [2.75, 3.05) is 5.73 Å². The van der Waals surface area contributed by atoms with Gasteiger partial charge in [-0.1, -0.05) is 6.07 Å². The number of rotatable bonds is 1. The standard InChI is InChI=1S/C14H9F6N5/c1-6-3-2-4-22-12(6)25-10(21)9-7(13(15,16)17)5-8(14(18,19)20)23-11(9)24-25/h2-5H,21H2,1H3. The predicted octanol–water partition coefficient (Wildman–Crippen LogP) is 3.74. The van der Waals surface area contributed by atoms with Crippen molar-refractivity contribution in [2.45, 2.75) is 19.3 Å². The third kappa shape index (κ3) is 2.85. The number of hydrogen-bond donors (Lipinski definition) is 1. The second-order valence-electron chi connectivity index (χ2n) is 5.19. The van der Waals surface area contributed by atoms with Crippen molar-refractivity contribution in [3.8, 4) is 5.82 Å². The summed E-state index contributed by atoms with van der Waals surface area (Å²) in [5.41, 5.74) is 2.24. The molecule has 0 aliphatic heterocycles. The molecule has 0 atom stereocenters. The molecule has 0 amide bonds. The summed E-state index contributed by atoms with van der Waals surface area (Å²) in [6.45, 7) is 1.60. The molecule has 0 aromatic carbocycles. The van der Waals surface area contributed by atoms with E-state index in [2.05, 4.69) is 15.1 Å². The number of nitrogens with two attached hydrogens (primary N) is 1. The third-order valence-corrected chi connectivity index (χ3v) is 3.46. The lowest BCUT2D eigenvalue weighted by Gasteiger charge is -2.12. The number of alkyl halides is 6. The highest BCUT2D eigenvalue weighted by Gasteiger charge is 2.41. The minimum atomic E-state index is -5.07. The van der Waals surface area contributed by atoms with Crippen LogP contribution in [-0.4, -0.2) is 19.7 Å². The van der Waals surface area contributed by atoms with E-state index >= 15 is 0 Å². The first-order chi connectivity index (χ1) is 11.5. The van der Waals surface area contributed by atoms with E-state index in [1.165, 1.54) is 6.20 Å². The SMILES string of the molecule is Cc1cccnc1-n1nc2nc(C(F)(F)F)cc(C(F)(F)F)c2c1N. The van der Waals surface area contributed by atoms with Crippen molar-refractivity contribution >= 4 is 16.9 Å². The average Bonchev–Trinajstić information content (AvgIpc) is 2.82. The molecule has 2 N–H and O–H groups in total. The van der Waals surface area contributed by atoms with Gasteiger partial charge in [0, 0.05) is 6.20 Å². The highest BCUT2D eigenvalue weighted by atomic mass is 19.4. The van der Waals surface area contributed by atoms with Crippen molar-refractivity contribution in [1.82, 2.24) is 19.7 Å². The molecule has 3 aromatic heterocycles. The van der Waals surface area contributed by atoms with Crippen LogP contribution in [0.1, 0.15) is 16.8 Å². The molecule has 0 bridgehead atoms. The van der Waals surface area contributed by atoms with Gasteiger partial charge in [0.1, 0.15) is 11.5 Å². The summed E-state index contributed by atoms with van der Waals surface area (Å²) in [4.78, 5) is 7.15. The molecule has 0 spiro atoms. The van der Waals surface area contributed by atoms with Gasteiger partial charge < -0.3 is 5.73 Å². The van der Waals surface area contributed by atoms with Crippen LogP contribution in [0.25, 0.3) is 16.9 Å². The molecule has 0 aliphatic carbocycles. The van der Waals surface area contributed by atoms with E-state index in [1.807, 2.05) is 0 Å². The van der Waals surface area contributed by atoms with Crippen LogP contribution in [0, 0.1) is 6.92 Å². The van der Waals surface area contributed by atoms with E-state index in [1.54, 1.807) is 19.1 Å². The Morgan fingerprint density at radius 1 is 1.08 bits per heavy atom. The fourth-order valence-electron chi connectivity index (χ4n) is 2.34. The molecular weight excluding hydrogens is 352 g/mol. The fourth-order valence-corrected chi connectivity index (χ4v) is 2.34. The molecule has 132 valence electrons. The van der Waals surface area contributed by atoms with E-state index in [9.17, 15) is 26.3 Å². The van der Waals surface area contributed by atoms with Gasteiger partial charge in [-0.25, -0.2) is 9.97 Å². The van der Waals surface area contributed by atoms with Gasteiger partial charge in [0.15, 0.2) is 11.5 Å². The van der Waals surface area contributed by atoms with Gasteiger partial charge in [-0.2, -0.15) is 31.0 Å². The Labute approximate surface area is 136 Å². The van der Waals surface area contributed by atoms with Crippen LogP contribution in [0.2, 0.25) is 0 Å². The molecule has 5 nitrogen and oxygen atoms in total. The molecule has 3 heterocycles. The lowest BCUT2D eigenvalue weighted by atomic mass is 10.1. The van der Waals surface area contributed by atoms with E-state index in [0.717, 1.165) is 4.68 Å². The first-order valence-electron chi connectivity index (χ1n) is 6.76. The molecule has 25 heavy (non-hydrogen) atoms. The largest absolute Gasteiger partial charge is 0.433 e. The number of fused-ring (bicyclic) bond motifs is 1. The van der Waals surface area contributed by atoms with E-state index in [4.69, 9.17) is 5.73 Å². The zero-order valence-corrected chi connectivity index (χ0v) is 12.4. The Bertz CT molecular complexity index is 957. The highest BCUT2D eigenvalue weighted by molar-refractivity contribution is 5.91. The number of aryl methyl sites for hydroxylation is 1. The van der Waals surface area contributed by atoms with Gasteiger partial charge in [-0.3, -0.25) is 0 Å². The number of pyridine rings is 2. The first-order valence-corrected chi connectivity index (χ1v) is 6.76. The van der Waals surface area contributed by atoms with Gasteiger partial charge in [-0.05, 0) is 24.6 Å². The number of anilines is 1. The number of nitrogens with zero attached hydrogens (tertiary/aromatic N) is 4. The Hall–Kier alpha value is -2.85. The van der Waals surface area contributed by atoms with Crippen LogP contribution in [0.5, 0.6) is 0 Å². The molecule has 0 unspecified atom stereocenters. The zero-order valence-electron chi connectivity index (χ0n) is 12.4. The summed E-state index contributed by atoms with van der Waals surface area (Å²) in [7, 11) is 0. The van der Waals surface area contributed by atoms with E-state index < -0.39 is 40.5 Å². The maximum atomic E-state index is 13.3. The van der Waals surface area contributed by atoms with Gasteiger partial charge in [-0.15, -0.1) is 5.10 Å². The smallest absolute Gasteiger partial charge is 0.383 e. The number of halogens is 6. The van der Waals surface area contributed by atoms with Crippen LogP contribution in [-0.2, 0) is 12.4 Å². The molecule has 0 saturated heterocycles. The van der Waals surface area contributed by atoms with Gasteiger partial charge in [0.2, 0.25) is 0 Å². The van der Waals surface area contributed by atoms with Crippen molar-refractivity contribution in [2.24, 2.45) is 0 Å². The number of hydrogen-bond acceptors (Lipinski definition) is 4. The van der Waals surface area contributed by atoms with Crippen LogP contribution in [0.15, 0.2) is 24.4 Å².